The lowest BCUT2D eigenvalue weighted by Crippen LogP contribution is -2.35. The van der Waals surface area contributed by atoms with Crippen LogP contribution in [0.3, 0.4) is 0 Å². The van der Waals surface area contributed by atoms with Crippen LogP contribution in [-0.4, -0.2) is 22.7 Å². The third-order valence-corrected chi connectivity index (χ3v) is 4.20. The largest absolute Gasteiger partial charge is 0.353 e. The number of pyridine rings is 1. The number of carbonyl (C=O) groups excluding carboxylic acids is 1. The van der Waals surface area contributed by atoms with Crippen molar-refractivity contribution in [2.24, 2.45) is 0 Å². The Kier molecular flexibility index (Phi) is 5.41. The zero-order valence-corrected chi connectivity index (χ0v) is 12.7. The molecule has 1 aromatic carbocycles. The molecule has 0 radical (unpaired) electrons. The molecule has 0 atom stereocenters. The van der Waals surface area contributed by atoms with E-state index in [-0.39, 0.29) is 11.9 Å². The van der Waals surface area contributed by atoms with E-state index in [9.17, 15) is 4.79 Å². The van der Waals surface area contributed by atoms with E-state index in [1.165, 1.54) is 11.8 Å². The summed E-state index contributed by atoms with van der Waals surface area (Å²) < 4.78 is 0. The fraction of sp³-hybridized carbons (Fsp3) is 0.375. The van der Waals surface area contributed by atoms with Crippen LogP contribution in [-0.2, 0) is 4.79 Å². The number of hydrogen-bond donors (Lipinski definition) is 1. The van der Waals surface area contributed by atoms with Crippen molar-refractivity contribution in [2.45, 2.75) is 37.8 Å². The number of benzene rings is 1. The predicted octanol–water partition coefficient (Wildman–Crippen LogP) is 3.63. The highest BCUT2D eigenvalue weighted by molar-refractivity contribution is 7.99. The summed E-state index contributed by atoms with van der Waals surface area (Å²) in [6.07, 6.45) is 1.95. The third-order valence-electron chi connectivity index (χ3n) is 3.27. The van der Waals surface area contributed by atoms with Crippen LogP contribution in [0.2, 0.25) is 0 Å². The van der Waals surface area contributed by atoms with Gasteiger partial charge >= 0.3 is 0 Å². The molecule has 4 heteroatoms. The van der Waals surface area contributed by atoms with Crippen LogP contribution in [0.15, 0.2) is 41.4 Å². The normalized spacial score (nSPS) is 10.9. The molecule has 2 aromatic rings. The summed E-state index contributed by atoms with van der Waals surface area (Å²) in [5.41, 5.74) is 0.970. The summed E-state index contributed by atoms with van der Waals surface area (Å²) in [5, 5.41) is 5.05. The van der Waals surface area contributed by atoms with Crippen molar-refractivity contribution in [3.8, 4) is 0 Å². The van der Waals surface area contributed by atoms with Gasteiger partial charge in [-0.3, -0.25) is 4.79 Å². The van der Waals surface area contributed by atoms with E-state index in [0.717, 1.165) is 28.8 Å². The lowest BCUT2D eigenvalue weighted by atomic mass is 10.2. The Bertz CT molecular complexity index is 581. The molecule has 3 nitrogen and oxygen atoms in total. The van der Waals surface area contributed by atoms with Crippen molar-refractivity contribution < 1.29 is 4.79 Å². The van der Waals surface area contributed by atoms with E-state index in [1.807, 2.05) is 36.4 Å². The minimum Gasteiger partial charge on any atom is -0.353 e. The van der Waals surface area contributed by atoms with Crippen LogP contribution >= 0.6 is 11.8 Å². The Morgan fingerprint density at radius 2 is 1.95 bits per heavy atom. The van der Waals surface area contributed by atoms with Crippen molar-refractivity contribution in [1.29, 1.82) is 0 Å². The van der Waals surface area contributed by atoms with Crippen LogP contribution in [0.25, 0.3) is 10.9 Å². The number of carbonyl (C=O) groups is 1. The Labute approximate surface area is 124 Å². The van der Waals surface area contributed by atoms with Crippen molar-refractivity contribution in [2.75, 3.05) is 5.75 Å². The van der Waals surface area contributed by atoms with Gasteiger partial charge in [0.15, 0.2) is 0 Å². The van der Waals surface area contributed by atoms with Crippen molar-refractivity contribution >= 4 is 28.6 Å². The highest BCUT2D eigenvalue weighted by Crippen LogP contribution is 2.19. The fourth-order valence-electron chi connectivity index (χ4n) is 2.03. The number of amides is 1. The number of rotatable bonds is 6. The van der Waals surface area contributed by atoms with E-state index in [1.54, 1.807) is 0 Å². The minimum absolute atomic E-state index is 0.0821. The maximum Gasteiger partial charge on any atom is 0.230 e. The molecule has 1 aromatic heterocycles. The number of para-hydroxylation sites is 1. The zero-order valence-electron chi connectivity index (χ0n) is 11.9. The van der Waals surface area contributed by atoms with Gasteiger partial charge in [-0.25, -0.2) is 4.98 Å². The quantitative estimate of drug-likeness (QED) is 0.825. The molecule has 0 aliphatic heterocycles. The molecule has 1 N–H and O–H groups in total. The topological polar surface area (TPSA) is 42.0 Å². The maximum atomic E-state index is 11.8. The van der Waals surface area contributed by atoms with Gasteiger partial charge in [0.1, 0.15) is 0 Å². The Hall–Kier alpha value is -1.55. The highest BCUT2D eigenvalue weighted by Gasteiger charge is 2.09. The molecule has 0 aliphatic carbocycles. The smallest absolute Gasteiger partial charge is 0.230 e. The summed E-state index contributed by atoms with van der Waals surface area (Å²) in [6, 6.07) is 12.3. The molecule has 0 bridgehead atoms. The van der Waals surface area contributed by atoms with Crippen LogP contribution in [0.5, 0.6) is 0 Å². The first kappa shape index (κ1) is 14.9. The minimum atomic E-state index is 0.0821. The van der Waals surface area contributed by atoms with Gasteiger partial charge in [-0.1, -0.05) is 49.9 Å². The summed E-state index contributed by atoms with van der Waals surface area (Å²) in [7, 11) is 0. The van der Waals surface area contributed by atoms with Crippen molar-refractivity contribution in [3.05, 3.63) is 36.4 Å². The molecule has 0 aliphatic rings. The monoisotopic (exact) mass is 288 g/mol. The van der Waals surface area contributed by atoms with Gasteiger partial charge in [0, 0.05) is 11.4 Å². The molecule has 0 unspecified atom stereocenters. The van der Waals surface area contributed by atoms with Gasteiger partial charge in [-0.15, -0.1) is 0 Å². The molecule has 0 fully saturated rings. The Balaban J connectivity index is 1.93. The molecular formula is C16H20N2OS. The molecule has 1 heterocycles. The highest BCUT2D eigenvalue weighted by atomic mass is 32.2. The van der Waals surface area contributed by atoms with Crippen LogP contribution < -0.4 is 5.32 Å². The first-order valence-electron chi connectivity index (χ1n) is 7.01. The summed E-state index contributed by atoms with van der Waals surface area (Å²) in [4.78, 5) is 16.4. The molecule has 0 spiro atoms. The summed E-state index contributed by atoms with van der Waals surface area (Å²) in [5.74, 6) is 0.501. The van der Waals surface area contributed by atoms with Gasteiger partial charge in [-0.05, 0) is 25.0 Å². The van der Waals surface area contributed by atoms with Gasteiger partial charge in [0.05, 0.1) is 16.3 Å². The molecule has 106 valence electrons. The van der Waals surface area contributed by atoms with E-state index < -0.39 is 0 Å². The molecule has 2 rings (SSSR count). The third kappa shape index (κ3) is 3.97. The molecule has 20 heavy (non-hydrogen) atoms. The molecule has 0 saturated heterocycles. The van der Waals surface area contributed by atoms with Crippen molar-refractivity contribution in [1.82, 2.24) is 10.3 Å². The number of aromatic nitrogens is 1. The number of nitrogens with zero attached hydrogens (tertiary/aromatic N) is 1. The molecular weight excluding hydrogens is 268 g/mol. The van der Waals surface area contributed by atoms with Gasteiger partial charge in [0.2, 0.25) is 5.91 Å². The standard InChI is InChI=1S/C16H20N2OS/c1-3-13(4-2)17-15(19)11-20-16-10-9-12-7-5-6-8-14(12)18-16/h5-10,13H,3-4,11H2,1-2H3,(H,17,19). The van der Waals surface area contributed by atoms with Crippen LogP contribution in [0.1, 0.15) is 26.7 Å². The predicted molar refractivity (Wildman–Crippen MR) is 85.0 cm³/mol. The van der Waals surface area contributed by atoms with E-state index >= 15 is 0 Å². The second-order valence-electron chi connectivity index (χ2n) is 4.71. The summed E-state index contributed by atoms with van der Waals surface area (Å²) in [6.45, 7) is 4.18. The van der Waals surface area contributed by atoms with E-state index in [4.69, 9.17) is 0 Å². The fourth-order valence-corrected chi connectivity index (χ4v) is 2.72. The Morgan fingerprint density at radius 1 is 1.20 bits per heavy atom. The second kappa shape index (κ2) is 7.29. The summed E-state index contributed by atoms with van der Waals surface area (Å²) >= 11 is 1.48. The Morgan fingerprint density at radius 3 is 2.70 bits per heavy atom. The first-order valence-corrected chi connectivity index (χ1v) is 7.99. The number of thioether (sulfide) groups is 1. The number of fused-ring (bicyclic) bond motifs is 1. The lowest BCUT2D eigenvalue weighted by molar-refractivity contribution is -0.119. The van der Waals surface area contributed by atoms with Gasteiger partial charge in [0.25, 0.3) is 0 Å². The van der Waals surface area contributed by atoms with E-state index in [2.05, 4.69) is 24.1 Å². The van der Waals surface area contributed by atoms with E-state index in [0.29, 0.717) is 5.75 Å². The van der Waals surface area contributed by atoms with Crippen LogP contribution in [0, 0.1) is 0 Å². The average Bonchev–Trinajstić information content (AvgIpc) is 2.50. The maximum absolute atomic E-state index is 11.8. The first-order chi connectivity index (χ1) is 9.72. The molecule has 0 saturated carbocycles. The second-order valence-corrected chi connectivity index (χ2v) is 5.71. The average molecular weight is 288 g/mol. The zero-order chi connectivity index (χ0) is 14.4. The number of hydrogen-bond acceptors (Lipinski definition) is 3. The lowest BCUT2D eigenvalue weighted by Gasteiger charge is -2.14. The van der Waals surface area contributed by atoms with Crippen LogP contribution in [0.4, 0.5) is 0 Å². The SMILES string of the molecule is CCC(CC)NC(=O)CSc1ccc2ccccc2n1. The van der Waals surface area contributed by atoms with Gasteiger partial charge < -0.3 is 5.32 Å². The van der Waals surface area contributed by atoms with Crippen molar-refractivity contribution in [3.63, 3.8) is 0 Å². The molecule has 1 amide bonds. The van der Waals surface area contributed by atoms with Gasteiger partial charge in [-0.2, -0.15) is 0 Å². The number of nitrogens with one attached hydrogen (secondary N) is 1.